The van der Waals surface area contributed by atoms with E-state index >= 15 is 0 Å². The molecule has 2 aliphatic rings. The summed E-state index contributed by atoms with van der Waals surface area (Å²) < 4.78 is 5.42. The molecular weight excluding hydrogens is 252 g/mol. The van der Waals surface area contributed by atoms with E-state index in [0.717, 1.165) is 51.9 Å². The van der Waals surface area contributed by atoms with Crippen molar-refractivity contribution in [1.82, 2.24) is 10.2 Å². The van der Waals surface area contributed by atoms with Crippen LogP contribution < -0.4 is 5.32 Å². The Balaban J connectivity index is 1.98. The first-order valence-corrected chi connectivity index (χ1v) is 8.26. The summed E-state index contributed by atoms with van der Waals surface area (Å²) in [6.07, 6.45) is 5.49. The minimum absolute atomic E-state index is 0.0450. The third-order valence-electron chi connectivity index (χ3n) is 4.42. The molecule has 0 saturated carbocycles. The van der Waals surface area contributed by atoms with Gasteiger partial charge in [-0.15, -0.1) is 0 Å². The smallest absolute Gasteiger partial charge is 0.241 e. The zero-order valence-electron chi connectivity index (χ0n) is 13.2. The van der Waals surface area contributed by atoms with Crippen LogP contribution in [0, 0.1) is 11.8 Å². The zero-order valence-corrected chi connectivity index (χ0v) is 13.2. The van der Waals surface area contributed by atoms with Crippen LogP contribution >= 0.6 is 0 Å². The van der Waals surface area contributed by atoms with E-state index in [0.29, 0.717) is 17.7 Å². The molecule has 0 aromatic heterocycles. The van der Waals surface area contributed by atoms with E-state index in [-0.39, 0.29) is 12.2 Å². The Morgan fingerprint density at radius 3 is 2.65 bits per heavy atom. The Hall–Kier alpha value is -0.610. The molecule has 1 N–H and O–H groups in total. The van der Waals surface area contributed by atoms with Gasteiger partial charge in [-0.2, -0.15) is 0 Å². The van der Waals surface area contributed by atoms with Gasteiger partial charge in [0.1, 0.15) is 0 Å². The molecule has 0 aromatic rings. The Labute approximate surface area is 123 Å². The van der Waals surface area contributed by atoms with E-state index in [1.165, 1.54) is 0 Å². The molecule has 2 saturated heterocycles. The summed E-state index contributed by atoms with van der Waals surface area (Å²) in [5.74, 6) is 1.55. The number of hydrogen-bond acceptors (Lipinski definition) is 3. The van der Waals surface area contributed by atoms with E-state index in [4.69, 9.17) is 4.74 Å². The Morgan fingerprint density at radius 1 is 1.35 bits per heavy atom. The van der Waals surface area contributed by atoms with Crippen LogP contribution in [0.3, 0.4) is 0 Å². The molecule has 2 fully saturated rings. The molecule has 4 heteroatoms. The predicted molar refractivity (Wildman–Crippen MR) is 80.3 cm³/mol. The monoisotopic (exact) mass is 282 g/mol. The lowest BCUT2D eigenvalue weighted by atomic mass is 9.99. The van der Waals surface area contributed by atoms with Crippen LogP contribution in [0.2, 0.25) is 0 Å². The first-order chi connectivity index (χ1) is 9.61. The third-order valence-corrected chi connectivity index (χ3v) is 4.42. The number of nitrogens with one attached hydrogen (secondary N) is 1. The third kappa shape index (κ3) is 3.95. The van der Waals surface area contributed by atoms with Crippen molar-refractivity contribution >= 4 is 5.91 Å². The number of amides is 1. The summed E-state index contributed by atoms with van der Waals surface area (Å²) in [4.78, 5) is 14.7. The molecule has 116 valence electrons. The van der Waals surface area contributed by atoms with Crippen molar-refractivity contribution in [2.75, 3.05) is 19.8 Å². The fourth-order valence-corrected chi connectivity index (χ4v) is 3.31. The normalized spacial score (nSPS) is 28.6. The standard InChI is InChI=1S/C16H30N2O2/c1-4-5-14-16(19)18(15(17-14)10-12(2)3)11-13-6-8-20-9-7-13/h12-15,17H,4-11H2,1-3H3. The number of rotatable bonds is 6. The van der Waals surface area contributed by atoms with Crippen molar-refractivity contribution in [3.63, 3.8) is 0 Å². The second kappa shape index (κ2) is 7.41. The van der Waals surface area contributed by atoms with Crippen molar-refractivity contribution in [3.05, 3.63) is 0 Å². The van der Waals surface area contributed by atoms with Gasteiger partial charge in [-0.3, -0.25) is 10.1 Å². The molecule has 2 atom stereocenters. The lowest BCUT2D eigenvalue weighted by Gasteiger charge is -2.31. The molecule has 2 aliphatic heterocycles. The fraction of sp³-hybridized carbons (Fsp3) is 0.938. The summed E-state index contributed by atoms with van der Waals surface area (Å²) in [6.45, 7) is 9.22. The molecule has 2 heterocycles. The van der Waals surface area contributed by atoms with Crippen LogP contribution in [-0.4, -0.2) is 42.8 Å². The molecule has 4 nitrogen and oxygen atoms in total. The van der Waals surface area contributed by atoms with Gasteiger partial charge in [-0.05, 0) is 37.5 Å². The molecule has 20 heavy (non-hydrogen) atoms. The van der Waals surface area contributed by atoms with Crippen molar-refractivity contribution in [3.8, 4) is 0 Å². The van der Waals surface area contributed by atoms with Crippen LogP contribution in [0.25, 0.3) is 0 Å². The number of carbonyl (C=O) groups is 1. The number of nitrogens with zero attached hydrogens (tertiary/aromatic N) is 1. The predicted octanol–water partition coefficient (Wildman–Crippen LogP) is 2.39. The van der Waals surface area contributed by atoms with Gasteiger partial charge in [-0.25, -0.2) is 0 Å². The van der Waals surface area contributed by atoms with Crippen molar-refractivity contribution in [1.29, 1.82) is 0 Å². The van der Waals surface area contributed by atoms with Crippen LogP contribution in [0.5, 0.6) is 0 Å². The van der Waals surface area contributed by atoms with Crippen molar-refractivity contribution in [2.45, 2.75) is 65.1 Å². The minimum Gasteiger partial charge on any atom is -0.381 e. The van der Waals surface area contributed by atoms with Gasteiger partial charge in [0, 0.05) is 19.8 Å². The van der Waals surface area contributed by atoms with E-state index in [1.807, 2.05) is 0 Å². The first kappa shape index (κ1) is 15.8. The summed E-state index contributed by atoms with van der Waals surface area (Å²) in [5.41, 5.74) is 0. The van der Waals surface area contributed by atoms with Gasteiger partial charge >= 0.3 is 0 Å². The number of hydrogen-bond donors (Lipinski definition) is 1. The molecule has 2 rings (SSSR count). The molecule has 0 radical (unpaired) electrons. The van der Waals surface area contributed by atoms with Gasteiger partial charge in [0.15, 0.2) is 0 Å². The van der Waals surface area contributed by atoms with Crippen LogP contribution in [0.4, 0.5) is 0 Å². The van der Waals surface area contributed by atoms with E-state index in [1.54, 1.807) is 0 Å². The molecule has 0 bridgehead atoms. The topological polar surface area (TPSA) is 41.6 Å². The van der Waals surface area contributed by atoms with Crippen molar-refractivity contribution in [2.24, 2.45) is 11.8 Å². The maximum absolute atomic E-state index is 12.6. The summed E-state index contributed by atoms with van der Waals surface area (Å²) in [6, 6.07) is 0.0450. The van der Waals surface area contributed by atoms with Gasteiger partial charge in [0.05, 0.1) is 12.2 Å². The van der Waals surface area contributed by atoms with E-state index in [9.17, 15) is 4.79 Å². The highest BCUT2D eigenvalue weighted by molar-refractivity contribution is 5.84. The second-order valence-electron chi connectivity index (χ2n) is 6.70. The van der Waals surface area contributed by atoms with Gasteiger partial charge in [-0.1, -0.05) is 27.2 Å². The lowest BCUT2D eigenvalue weighted by molar-refractivity contribution is -0.131. The molecule has 0 spiro atoms. The molecule has 1 amide bonds. The molecule has 0 aromatic carbocycles. The van der Waals surface area contributed by atoms with E-state index in [2.05, 4.69) is 31.0 Å². The molecular formula is C16H30N2O2. The Kier molecular flexibility index (Phi) is 5.85. The minimum atomic E-state index is 0.0450. The lowest BCUT2D eigenvalue weighted by Crippen LogP contribution is -2.42. The fourth-order valence-electron chi connectivity index (χ4n) is 3.31. The maximum Gasteiger partial charge on any atom is 0.241 e. The average molecular weight is 282 g/mol. The SMILES string of the molecule is CCCC1NC(CC(C)C)N(CC2CCOCC2)C1=O. The highest BCUT2D eigenvalue weighted by atomic mass is 16.5. The van der Waals surface area contributed by atoms with Crippen LogP contribution in [-0.2, 0) is 9.53 Å². The maximum atomic E-state index is 12.6. The van der Waals surface area contributed by atoms with Gasteiger partial charge < -0.3 is 9.64 Å². The number of carbonyl (C=O) groups excluding carboxylic acids is 1. The average Bonchev–Trinajstić information content (AvgIpc) is 2.69. The summed E-state index contributed by atoms with van der Waals surface area (Å²) in [7, 11) is 0. The van der Waals surface area contributed by atoms with E-state index < -0.39 is 0 Å². The summed E-state index contributed by atoms with van der Waals surface area (Å²) in [5, 5.41) is 3.56. The Bertz CT molecular complexity index is 314. The van der Waals surface area contributed by atoms with Gasteiger partial charge in [0.2, 0.25) is 5.91 Å². The molecule has 0 aliphatic carbocycles. The van der Waals surface area contributed by atoms with Crippen LogP contribution in [0.15, 0.2) is 0 Å². The van der Waals surface area contributed by atoms with Gasteiger partial charge in [0.25, 0.3) is 0 Å². The Morgan fingerprint density at radius 2 is 2.05 bits per heavy atom. The number of ether oxygens (including phenoxy) is 1. The quantitative estimate of drug-likeness (QED) is 0.813. The summed E-state index contributed by atoms with van der Waals surface area (Å²) >= 11 is 0. The first-order valence-electron chi connectivity index (χ1n) is 8.26. The van der Waals surface area contributed by atoms with Crippen LogP contribution in [0.1, 0.15) is 52.9 Å². The zero-order chi connectivity index (χ0) is 14.5. The highest BCUT2D eigenvalue weighted by Gasteiger charge is 2.39. The molecule has 2 unspecified atom stereocenters. The second-order valence-corrected chi connectivity index (χ2v) is 6.70. The van der Waals surface area contributed by atoms with Crippen molar-refractivity contribution < 1.29 is 9.53 Å². The highest BCUT2D eigenvalue weighted by Crippen LogP contribution is 2.24. The largest absolute Gasteiger partial charge is 0.381 e.